The third-order valence-electron chi connectivity index (χ3n) is 3.26. The SMILES string of the molecule is CCCCCCCCOCCOCCCC(=O)OCC(C)C. The predicted molar refractivity (Wildman–Crippen MR) is 90.0 cm³/mol. The third-order valence-corrected chi connectivity index (χ3v) is 3.26. The molecule has 0 aromatic carbocycles. The van der Waals surface area contributed by atoms with Gasteiger partial charge < -0.3 is 14.2 Å². The summed E-state index contributed by atoms with van der Waals surface area (Å²) in [5.74, 6) is 0.264. The molecular weight excluding hydrogens is 280 g/mol. The molecule has 0 N–H and O–H groups in total. The lowest BCUT2D eigenvalue weighted by molar-refractivity contribution is -0.145. The lowest BCUT2D eigenvalue weighted by atomic mass is 10.1. The van der Waals surface area contributed by atoms with E-state index in [0.717, 1.165) is 13.0 Å². The van der Waals surface area contributed by atoms with Crippen molar-refractivity contribution in [3.05, 3.63) is 0 Å². The summed E-state index contributed by atoms with van der Waals surface area (Å²) >= 11 is 0. The zero-order valence-electron chi connectivity index (χ0n) is 14.9. The van der Waals surface area contributed by atoms with Crippen LogP contribution in [-0.2, 0) is 19.0 Å². The molecule has 132 valence electrons. The molecular formula is C18H36O4. The highest BCUT2D eigenvalue weighted by molar-refractivity contribution is 5.69. The van der Waals surface area contributed by atoms with Gasteiger partial charge in [0.05, 0.1) is 19.8 Å². The van der Waals surface area contributed by atoms with Crippen molar-refractivity contribution in [1.29, 1.82) is 0 Å². The van der Waals surface area contributed by atoms with E-state index in [1.807, 2.05) is 13.8 Å². The first-order valence-electron chi connectivity index (χ1n) is 8.98. The maximum Gasteiger partial charge on any atom is 0.305 e. The molecule has 0 saturated heterocycles. The Morgan fingerprint density at radius 2 is 1.41 bits per heavy atom. The second-order valence-corrected chi connectivity index (χ2v) is 6.17. The van der Waals surface area contributed by atoms with Crippen molar-refractivity contribution in [2.75, 3.05) is 33.0 Å². The minimum atomic E-state index is -0.128. The van der Waals surface area contributed by atoms with Crippen molar-refractivity contribution in [2.45, 2.75) is 72.1 Å². The Morgan fingerprint density at radius 1 is 0.818 bits per heavy atom. The van der Waals surface area contributed by atoms with Crippen LogP contribution >= 0.6 is 0 Å². The predicted octanol–water partition coefficient (Wildman–Crippen LogP) is 4.36. The van der Waals surface area contributed by atoms with Gasteiger partial charge >= 0.3 is 5.97 Å². The van der Waals surface area contributed by atoms with Crippen LogP contribution in [0.15, 0.2) is 0 Å². The minimum Gasteiger partial charge on any atom is -0.465 e. The molecule has 22 heavy (non-hydrogen) atoms. The van der Waals surface area contributed by atoms with Crippen molar-refractivity contribution in [3.63, 3.8) is 0 Å². The van der Waals surface area contributed by atoms with Crippen LogP contribution in [-0.4, -0.2) is 39.0 Å². The molecule has 0 rings (SSSR count). The van der Waals surface area contributed by atoms with Crippen LogP contribution in [0.5, 0.6) is 0 Å². The second kappa shape index (κ2) is 16.8. The minimum absolute atomic E-state index is 0.128. The Bertz CT molecular complexity index is 241. The zero-order chi connectivity index (χ0) is 16.5. The lowest BCUT2D eigenvalue weighted by Gasteiger charge is -2.08. The molecule has 0 aromatic rings. The first-order chi connectivity index (χ1) is 10.7. The van der Waals surface area contributed by atoms with E-state index in [9.17, 15) is 4.79 Å². The number of carbonyl (C=O) groups is 1. The maximum absolute atomic E-state index is 11.3. The van der Waals surface area contributed by atoms with Crippen LogP contribution in [0.4, 0.5) is 0 Å². The fraction of sp³-hybridized carbons (Fsp3) is 0.944. The molecule has 0 bridgehead atoms. The number of rotatable bonds is 16. The Hall–Kier alpha value is -0.610. The summed E-state index contributed by atoms with van der Waals surface area (Å²) in [5, 5.41) is 0. The second-order valence-electron chi connectivity index (χ2n) is 6.17. The number of esters is 1. The average molecular weight is 316 g/mol. The third kappa shape index (κ3) is 17.4. The van der Waals surface area contributed by atoms with E-state index in [1.54, 1.807) is 0 Å². The van der Waals surface area contributed by atoms with Gasteiger partial charge in [-0.2, -0.15) is 0 Å². The molecule has 0 saturated carbocycles. The molecule has 0 aliphatic rings. The van der Waals surface area contributed by atoms with E-state index in [-0.39, 0.29) is 5.97 Å². The number of hydrogen-bond acceptors (Lipinski definition) is 4. The number of unbranched alkanes of at least 4 members (excludes halogenated alkanes) is 5. The van der Waals surface area contributed by atoms with Gasteiger partial charge in [0.25, 0.3) is 0 Å². The highest BCUT2D eigenvalue weighted by atomic mass is 16.5. The largest absolute Gasteiger partial charge is 0.465 e. The summed E-state index contributed by atoms with van der Waals surface area (Å²) in [6.07, 6.45) is 8.87. The first kappa shape index (κ1) is 21.4. The Morgan fingerprint density at radius 3 is 2.05 bits per heavy atom. The van der Waals surface area contributed by atoms with Crippen molar-refractivity contribution < 1.29 is 19.0 Å². The van der Waals surface area contributed by atoms with Crippen molar-refractivity contribution in [3.8, 4) is 0 Å². The summed E-state index contributed by atoms with van der Waals surface area (Å²) in [6, 6.07) is 0. The Balaban J connectivity index is 3.09. The smallest absolute Gasteiger partial charge is 0.305 e. The molecule has 0 aliphatic heterocycles. The van der Waals surface area contributed by atoms with Gasteiger partial charge in [-0.1, -0.05) is 52.9 Å². The molecule has 0 heterocycles. The van der Waals surface area contributed by atoms with E-state index in [4.69, 9.17) is 14.2 Å². The molecule has 0 unspecified atom stereocenters. The molecule has 0 spiro atoms. The van der Waals surface area contributed by atoms with Gasteiger partial charge in [-0.05, 0) is 18.8 Å². The zero-order valence-corrected chi connectivity index (χ0v) is 14.9. The van der Waals surface area contributed by atoms with Gasteiger partial charge in [0, 0.05) is 19.6 Å². The van der Waals surface area contributed by atoms with Gasteiger partial charge in [-0.3, -0.25) is 4.79 Å². The van der Waals surface area contributed by atoms with Gasteiger partial charge in [-0.25, -0.2) is 0 Å². The molecule has 0 fully saturated rings. The monoisotopic (exact) mass is 316 g/mol. The molecule has 0 amide bonds. The van der Waals surface area contributed by atoms with E-state index >= 15 is 0 Å². The number of carbonyl (C=O) groups excluding carboxylic acids is 1. The number of hydrogen-bond donors (Lipinski definition) is 0. The lowest BCUT2D eigenvalue weighted by Crippen LogP contribution is -2.11. The molecule has 0 radical (unpaired) electrons. The Labute approximate surface area is 136 Å². The Kier molecular flexibility index (Phi) is 16.3. The van der Waals surface area contributed by atoms with Crippen LogP contribution in [0.2, 0.25) is 0 Å². The van der Waals surface area contributed by atoms with Gasteiger partial charge in [0.15, 0.2) is 0 Å². The van der Waals surface area contributed by atoms with E-state index < -0.39 is 0 Å². The van der Waals surface area contributed by atoms with E-state index in [2.05, 4.69) is 6.92 Å². The van der Waals surface area contributed by atoms with Crippen molar-refractivity contribution in [2.24, 2.45) is 5.92 Å². The van der Waals surface area contributed by atoms with E-state index in [1.165, 1.54) is 32.1 Å². The summed E-state index contributed by atoms with van der Waals surface area (Å²) in [6.45, 7) is 9.48. The molecule has 0 aromatic heterocycles. The molecule has 0 atom stereocenters. The van der Waals surface area contributed by atoms with Gasteiger partial charge in [-0.15, -0.1) is 0 Å². The first-order valence-corrected chi connectivity index (χ1v) is 8.98. The van der Waals surface area contributed by atoms with E-state index in [0.29, 0.717) is 45.2 Å². The van der Waals surface area contributed by atoms with Crippen LogP contribution in [0, 0.1) is 5.92 Å². The summed E-state index contributed by atoms with van der Waals surface area (Å²) in [7, 11) is 0. The summed E-state index contributed by atoms with van der Waals surface area (Å²) in [5.41, 5.74) is 0. The van der Waals surface area contributed by atoms with Crippen LogP contribution in [0.3, 0.4) is 0 Å². The standard InChI is InChI=1S/C18H36O4/c1-4-5-6-7-8-9-12-20-14-15-21-13-10-11-18(19)22-16-17(2)3/h17H,4-16H2,1-3H3. The summed E-state index contributed by atoms with van der Waals surface area (Å²) < 4.78 is 16.0. The number of ether oxygens (including phenoxy) is 3. The van der Waals surface area contributed by atoms with Crippen LogP contribution < -0.4 is 0 Å². The van der Waals surface area contributed by atoms with Crippen LogP contribution in [0.1, 0.15) is 72.1 Å². The van der Waals surface area contributed by atoms with Gasteiger partial charge in [0.2, 0.25) is 0 Å². The fourth-order valence-electron chi connectivity index (χ4n) is 1.96. The van der Waals surface area contributed by atoms with Crippen LogP contribution in [0.25, 0.3) is 0 Å². The maximum atomic E-state index is 11.3. The fourth-order valence-corrected chi connectivity index (χ4v) is 1.96. The summed E-state index contributed by atoms with van der Waals surface area (Å²) in [4.78, 5) is 11.3. The molecule has 0 aliphatic carbocycles. The highest BCUT2D eigenvalue weighted by Gasteiger charge is 2.03. The highest BCUT2D eigenvalue weighted by Crippen LogP contribution is 2.04. The average Bonchev–Trinajstić information content (AvgIpc) is 2.49. The van der Waals surface area contributed by atoms with Crippen molar-refractivity contribution >= 4 is 5.97 Å². The normalized spacial score (nSPS) is 11.1. The quantitative estimate of drug-likeness (QED) is 0.313. The molecule has 4 heteroatoms. The van der Waals surface area contributed by atoms with Crippen molar-refractivity contribution in [1.82, 2.24) is 0 Å². The molecule has 4 nitrogen and oxygen atoms in total. The topological polar surface area (TPSA) is 44.8 Å². The van der Waals surface area contributed by atoms with Gasteiger partial charge in [0.1, 0.15) is 0 Å².